The normalized spacial score (nSPS) is 16.3. The average Bonchev–Trinajstić information content (AvgIpc) is 2.73. The molecule has 6 heteroatoms. The molecule has 0 fully saturated rings. The molecule has 0 spiro atoms. The van der Waals surface area contributed by atoms with E-state index in [-0.39, 0.29) is 18.6 Å². The van der Waals surface area contributed by atoms with Crippen LogP contribution in [0.5, 0.6) is 11.5 Å². The van der Waals surface area contributed by atoms with Gasteiger partial charge in [0.25, 0.3) is 5.91 Å². The van der Waals surface area contributed by atoms with E-state index in [2.05, 4.69) is 11.4 Å². The lowest BCUT2D eigenvalue weighted by Gasteiger charge is -2.27. The third-order valence-corrected chi connectivity index (χ3v) is 4.85. The molecule has 0 saturated heterocycles. The summed E-state index contributed by atoms with van der Waals surface area (Å²) in [5, 5.41) is 3.00. The summed E-state index contributed by atoms with van der Waals surface area (Å²) in [6.07, 6.45) is 2.03. The van der Waals surface area contributed by atoms with Gasteiger partial charge < -0.3 is 19.5 Å². The van der Waals surface area contributed by atoms with Gasteiger partial charge in [0.1, 0.15) is 11.5 Å². The molecule has 0 radical (unpaired) electrons. The van der Waals surface area contributed by atoms with Crippen molar-refractivity contribution in [1.29, 1.82) is 0 Å². The Hall–Kier alpha value is -3.02. The molecule has 6 nitrogen and oxygen atoms in total. The minimum Gasteiger partial charge on any atom is -0.494 e. The smallest absolute Gasteiger partial charge is 0.344 e. The van der Waals surface area contributed by atoms with Gasteiger partial charge in [0.2, 0.25) is 0 Å². The van der Waals surface area contributed by atoms with E-state index in [9.17, 15) is 9.59 Å². The quantitative estimate of drug-likeness (QED) is 0.689. The summed E-state index contributed by atoms with van der Waals surface area (Å²) in [7, 11) is 0. The van der Waals surface area contributed by atoms with Crippen molar-refractivity contribution in [3.8, 4) is 11.5 Å². The molecular weight excluding hydrogens is 370 g/mol. The maximum Gasteiger partial charge on any atom is 0.344 e. The van der Waals surface area contributed by atoms with Gasteiger partial charge >= 0.3 is 5.97 Å². The number of fused-ring (bicyclic) bond motifs is 1. The Morgan fingerprint density at radius 3 is 2.48 bits per heavy atom. The summed E-state index contributed by atoms with van der Waals surface area (Å²) in [4.78, 5) is 24.5. The minimum atomic E-state index is -0.888. The minimum absolute atomic E-state index is 0.0475. The largest absolute Gasteiger partial charge is 0.494 e. The van der Waals surface area contributed by atoms with E-state index >= 15 is 0 Å². The Balaban J connectivity index is 1.46. The maximum absolute atomic E-state index is 12.5. The standard InChI is InChI=1S/C23H27NO5/c1-3-27-18-11-13-19(14-12-18)28-15-22(25)29-16(2)23(26)24-21-10-6-8-17-7-4-5-9-20(17)21/h4-5,7,9,11-14,16,21H,3,6,8,10,15H2,1-2H3,(H,24,26)/t16-,21+/m0/s1. The van der Waals surface area contributed by atoms with Gasteiger partial charge in [-0.3, -0.25) is 4.79 Å². The van der Waals surface area contributed by atoms with Crippen LogP contribution >= 0.6 is 0 Å². The highest BCUT2D eigenvalue weighted by molar-refractivity contribution is 5.84. The number of nitrogens with one attached hydrogen (secondary N) is 1. The molecule has 1 aliphatic carbocycles. The SMILES string of the molecule is CCOc1ccc(OCC(=O)O[C@@H](C)C(=O)N[C@@H]2CCCc3ccccc32)cc1. The molecule has 1 amide bonds. The molecule has 0 heterocycles. The number of carbonyl (C=O) groups is 2. The predicted octanol–water partition coefficient (Wildman–Crippen LogP) is 3.59. The van der Waals surface area contributed by atoms with Gasteiger partial charge in [-0.25, -0.2) is 4.79 Å². The second kappa shape index (κ2) is 9.96. The van der Waals surface area contributed by atoms with E-state index in [0.29, 0.717) is 12.4 Å². The molecule has 0 saturated carbocycles. The summed E-state index contributed by atoms with van der Waals surface area (Å²) in [6, 6.07) is 15.0. The van der Waals surface area contributed by atoms with Gasteiger partial charge in [0.05, 0.1) is 12.6 Å². The third-order valence-electron chi connectivity index (χ3n) is 4.85. The summed E-state index contributed by atoms with van der Waals surface area (Å²) in [6.45, 7) is 3.79. The van der Waals surface area contributed by atoms with Crippen LogP contribution in [0.25, 0.3) is 0 Å². The first-order valence-electron chi connectivity index (χ1n) is 10.00. The van der Waals surface area contributed by atoms with Crippen LogP contribution in [0, 0.1) is 0 Å². The zero-order valence-electron chi connectivity index (χ0n) is 16.9. The van der Waals surface area contributed by atoms with Crippen LogP contribution in [0.3, 0.4) is 0 Å². The topological polar surface area (TPSA) is 73.9 Å². The number of aryl methyl sites for hydroxylation is 1. The van der Waals surface area contributed by atoms with Crippen LogP contribution in [0.15, 0.2) is 48.5 Å². The molecule has 1 N–H and O–H groups in total. The van der Waals surface area contributed by atoms with Crippen molar-refractivity contribution in [2.75, 3.05) is 13.2 Å². The zero-order valence-corrected chi connectivity index (χ0v) is 16.9. The summed E-state index contributed by atoms with van der Waals surface area (Å²) in [5.41, 5.74) is 2.40. The van der Waals surface area contributed by atoms with Gasteiger partial charge in [-0.2, -0.15) is 0 Å². The first-order chi connectivity index (χ1) is 14.1. The van der Waals surface area contributed by atoms with E-state index in [1.807, 2.05) is 25.1 Å². The lowest BCUT2D eigenvalue weighted by atomic mass is 9.87. The van der Waals surface area contributed by atoms with E-state index in [1.165, 1.54) is 5.56 Å². The molecule has 0 bridgehead atoms. The lowest BCUT2D eigenvalue weighted by molar-refractivity contribution is -0.156. The van der Waals surface area contributed by atoms with Crippen molar-refractivity contribution in [3.05, 3.63) is 59.7 Å². The Kier molecular flexibility index (Phi) is 7.11. The Morgan fingerprint density at radius 1 is 1.07 bits per heavy atom. The fraction of sp³-hybridized carbons (Fsp3) is 0.391. The van der Waals surface area contributed by atoms with Crippen molar-refractivity contribution >= 4 is 11.9 Å². The third kappa shape index (κ3) is 5.73. The van der Waals surface area contributed by atoms with Gasteiger partial charge in [0.15, 0.2) is 12.7 Å². The molecule has 2 aromatic rings. The number of ether oxygens (including phenoxy) is 3. The highest BCUT2D eigenvalue weighted by Crippen LogP contribution is 2.29. The molecule has 0 aromatic heterocycles. The zero-order chi connectivity index (χ0) is 20.6. The Morgan fingerprint density at radius 2 is 1.76 bits per heavy atom. The van der Waals surface area contributed by atoms with Crippen molar-refractivity contribution < 1.29 is 23.8 Å². The van der Waals surface area contributed by atoms with Gasteiger partial charge in [-0.05, 0) is 68.5 Å². The number of rotatable bonds is 8. The summed E-state index contributed by atoms with van der Waals surface area (Å²) < 4.78 is 16.0. The second-order valence-electron chi connectivity index (χ2n) is 6.98. The molecule has 0 aliphatic heterocycles. The van der Waals surface area contributed by atoms with E-state index in [0.717, 1.165) is 30.6 Å². The first-order valence-corrected chi connectivity index (χ1v) is 10.00. The molecule has 154 valence electrons. The molecule has 2 atom stereocenters. The van der Waals surface area contributed by atoms with Gasteiger partial charge in [0, 0.05) is 0 Å². The fourth-order valence-electron chi connectivity index (χ4n) is 3.42. The number of hydrogen-bond acceptors (Lipinski definition) is 5. The van der Waals surface area contributed by atoms with Crippen molar-refractivity contribution in [3.63, 3.8) is 0 Å². The van der Waals surface area contributed by atoms with Crippen molar-refractivity contribution in [1.82, 2.24) is 5.32 Å². The molecular formula is C23H27NO5. The first kappa shape index (κ1) is 20.7. The average molecular weight is 397 g/mol. The van der Waals surface area contributed by atoms with Crippen LogP contribution in [-0.2, 0) is 20.7 Å². The van der Waals surface area contributed by atoms with Crippen molar-refractivity contribution in [2.45, 2.75) is 45.3 Å². The number of carbonyl (C=O) groups excluding carboxylic acids is 2. The number of esters is 1. The van der Waals surface area contributed by atoms with Crippen LogP contribution < -0.4 is 14.8 Å². The maximum atomic E-state index is 12.5. The molecule has 0 unspecified atom stereocenters. The highest BCUT2D eigenvalue weighted by atomic mass is 16.6. The van der Waals surface area contributed by atoms with Crippen LogP contribution in [0.2, 0.25) is 0 Å². The predicted molar refractivity (Wildman–Crippen MR) is 109 cm³/mol. The number of hydrogen-bond donors (Lipinski definition) is 1. The molecule has 3 rings (SSSR count). The Bertz CT molecular complexity index is 833. The molecule has 2 aromatic carbocycles. The van der Waals surface area contributed by atoms with Crippen molar-refractivity contribution in [2.24, 2.45) is 0 Å². The van der Waals surface area contributed by atoms with Crippen LogP contribution in [0.4, 0.5) is 0 Å². The monoisotopic (exact) mass is 397 g/mol. The fourth-order valence-corrected chi connectivity index (χ4v) is 3.42. The van der Waals surface area contributed by atoms with E-state index < -0.39 is 12.1 Å². The highest BCUT2D eigenvalue weighted by Gasteiger charge is 2.25. The van der Waals surface area contributed by atoms with Gasteiger partial charge in [-0.1, -0.05) is 24.3 Å². The Labute approximate surface area is 171 Å². The van der Waals surface area contributed by atoms with E-state index in [4.69, 9.17) is 14.2 Å². The second-order valence-corrected chi connectivity index (χ2v) is 6.98. The molecule has 29 heavy (non-hydrogen) atoms. The van der Waals surface area contributed by atoms with E-state index in [1.54, 1.807) is 31.2 Å². The van der Waals surface area contributed by atoms with Crippen LogP contribution in [0.1, 0.15) is 43.9 Å². The number of amides is 1. The summed E-state index contributed by atoms with van der Waals surface area (Å²) >= 11 is 0. The lowest BCUT2D eigenvalue weighted by Crippen LogP contribution is -2.39. The summed E-state index contributed by atoms with van der Waals surface area (Å²) in [5.74, 6) is 0.366. The van der Waals surface area contributed by atoms with Gasteiger partial charge in [-0.15, -0.1) is 0 Å². The number of benzene rings is 2. The van der Waals surface area contributed by atoms with Crippen LogP contribution in [-0.4, -0.2) is 31.2 Å². The molecule has 1 aliphatic rings.